The minimum Gasteiger partial charge on any atom is -0.363 e. The van der Waals surface area contributed by atoms with Gasteiger partial charge >= 0.3 is 0 Å². The van der Waals surface area contributed by atoms with Crippen LogP contribution in [0.5, 0.6) is 0 Å². The van der Waals surface area contributed by atoms with Gasteiger partial charge in [-0.25, -0.2) is 18.7 Å². The van der Waals surface area contributed by atoms with Gasteiger partial charge in [0.05, 0.1) is 36.9 Å². The first-order chi connectivity index (χ1) is 16.2. The second kappa shape index (κ2) is 9.92. The number of hydrogen-bond donors (Lipinski definition) is 2. The van der Waals surface area contributed by atoms with Crippen LogP contribution < -0.4 is 10.6 Å². The molecule has 0 radical (unpaired) electrons. The van der Waals surface area contributed by atoms with Crippen molar-refractivity contribution in [2.45, 2.75) is 77.7 Å². The van der Waals surface area contributed by atoms with Gasteiger partial charge in [0.1, 0.15) is 11.6 Å². The van der Waals surface area contributed by atoms with Gasteiger partial charge in [0.25, 0.3) is 6.43 Å². The summed E-state index contributed by atoms with van der Waals surface area (Å²) in [5.74, 6) is 0.859. The van der Waals surface area contributed by atoms with E-state index in [0.29, 0.717) is 41.7 Å². The monoisotopic (exact) mass is 474 g/mol. The number of rotatable bonds is 8. The number of amides is 1. The summed E-state index contributed by atoms with van der Waals surface area (Å²) in [6.07, 6.45) is -0.149. The summed E-state index contributed by atoms with van der Waals surface area (Å²) in [5, 5.41) is 6.46. The zero-order valence-electron chi connectivity index (χ0n) is 20.1. The zero-order valence-corrected chi connectivity index (χ0v) is 20.1. The molecule has 2 fully saturated rings. The van der Waals surface area contributed by atoms with Crippen molar-refractivity contribution in [1.29, 1.82) is 0 Å². The molecule has 1 aromatic heterocycles. The van der Waals surface area contributed by atoms with Gasteiger partial charge in [-0.2, -0.15) is 0 Å². The Morgan fingerprint density at radius 1 is 1.18 bits per heavy atom. The topological polar surface area (TPSA) is 85.4 Å². The maximum Gasteiger partial charge on any atom is 0.264 e. The van der Waals surface area contributed by atoms with E-state index < -0.39 is 12.7 Å². The predicted molar refractivity (Wildman–Crippen MR) is 124 cm³/mol. The number of carbonyl (C=O) groups is 1. The molecule has 1 saturated carbocycles. The molecule has 34 heavy (non-hydrogen) atoms. The number of benzene rings is 1. The van der Waals surface area contributed by atoms with E-state index in [1.165, 1.54) is 6.07 Å². The van der Waals surface area contributed by atoms with Crippen LogP contribution in [0.4, 0.5) is 14.6 Å². The first-order valence-corrected chi connectivity index (χ1v) is 11.7. The third-order valence-electron chi connectivity index (χ3n) is 6.69. The lowest BCUT2D eigenvalue weighted by Gasteiger charge is -2.39. The van der Waals surface area contributed by atoms with E-state index in [-0.39, 0.29) is 29.5 Å². The summed E-state index contributed by atoms with van der Waals surface area (Å²) in [7, 11) is 0. The Balaban J connectivity index is 1.65. The van der Waals surface area contributed by atoms with Crippen LogP contribution in [0.2, 0.25) is 0 Å². The first-order valence-electron chi connectivity index (χ1n) is 11.7. The van der Waals surface area contributed by atoms with Crippen molar-refractivity contribution in [2.24, 2.45) is 0 Å². The Bertz CT molecular complexity index is 1050. The molecule has 7 nitrogen and oxygen atoms in total. The van der Waals surface area contributed by atoms with E-state index in [0.717, 1.165) is 24.8 Å². The van der Waals surface area contributed by atoms with Crippen LogP contribution in [0.3, 0.4) is 0 Å². The number of alkyl halides is 2. The number of aromatic nitrogens is 2. The molecule has 0 unspecified atom stereocenters. The molecule has 0 bridgehead atoms. The molecule has 2 N–H and O–H groups in total. The highest BCUT2D eigenvalue weighted by molar-refractivity contribution is 5.80. The van der Waals surface area contributed by atoms with E-state index in [1.54, 1.807) is 19.9 Å². The summed E-state index contributed by atoms with van der Waals surface area (Å²) >= 11 is 0. The standard InChI is InChI=1S/C25H32F2N4O3/c1-14-17(7-5-8-18(14)22(26)27)15(2)28-23-21(24-33-11-12-34-24)19(29-16(3)30-23)13-20(32)31-25(4)9-6-10-25/h5,7-8,15,22,24H,6,9-13H2,1-4H3,(H,31,32)(H,28,29,30)/t15-/m1/s1. The molecule has 2 aliphatic rings. The third kappa shape index (κ3) is 5.20. The Kier molecular flexibility index (Phi) is 7.14. The fourth-order valence-corrected chi connectivity index (χ4v) is 4.68. The molecule has 1 aliphatic carbocycles. The minimum absolute atomic E-state index is 0.00884. The molecule has 2 heterocycles. The van der Waals surface area contributed by atoms with E-state index in [9.17, 15) is 13.6 Å². The van der Waals surface area contributed by atoms with Gasteiger partial charge in [-0.3, -0.25) is 4.79 Å². The van der Waals surface area contributed by atoms with Gasteiger partial charge in [0, 0.05) is 11.1 Å². The maximum atomic E-state index is 13.4. The van der Waals surface area contributed by atoms with Gasteiger partial charge in [0.15, 0.2) is 6.29 Å². The molecule has 9 heteroatoms. The van der Waals surface area contributed by atoms with Gasteiger partial charge in [-0.05, 0) is 58.1 Å². The van der Waals surface area contributed by atoms with Crippen molar-refractivity contribution in [3.05, 3.63) is 52.0 Å². The van der Waals surface area contributed by atoms with Crippen LogP contribution >= 0.6 is 0 Å². The predicted octanol–water partition coefficient (Wildman–Crippen LogP) is 4.85. The lowest BCUT2D eigenvalue weighted by Crippen LogP contribution is -2.51. The lowest BCUT2D eigenvalue weighted by atomic mass is 9.78. The lowest BCUT2D eigenvalue weighted by molar-refractivity contribution is -0.123. The average molecular weight is 475 g/mol. The normalized spacial score (nSPS) is 18.6. The summed E-state index contributed by atoms with van der Waals surface area (Å²) in [4.78, 5) is 22.0. The number of nitrogens with one attached hydrogen (secondary N) is 2. The SMILES string of the molecule is Cc1nc(CC(=O)NC2(C)CCC2)c(C2OCCO2)c(N[C@H](C)c2cccc(C(F)F)c2C)n1. The van der Waals surface area contributed by atoms with E-state index >= 15 is 0 Å². The number of hydrogen-bond acceptors (Lipinski definition) is 6. The number of carbonyl (C=O) groups excluding carboxylic acids is 1. The average Bonchev–Trinajstić information content (AvgIpc) is 3.26. The van der Waals surface area contributed by atoms with E-state index in [2.05, 4.69) is 20.6 Å². The Labute approximate surface area is 198 Å². The highest BCUT2D eigenvalue weighted by Gasteiger charge is 2.34. The minimum atomic E-state index is -2.55. The van der Waals surface area contributed by atoms with E-state index in [1.807, 2.05) is 19.9 Å². The van der Waals surface area contributed by atoms with Crippen LogP contribution in [0, 0.1) is 13.8 Å². The number of halogens is 2. The Morgan fingerprint density at radius 2 is 1.85 bits per heavy atom. The molecular weight excluding hydrogens is 442 g/mol. The first kappa shape index (κ1) is 24.5. The Hall–Kier alpha value is -2.65. The number of aryl methyl sites for hydroxylation is 1. The quantitative estimate of drug-likeness (QED) is 0.569. The molecule has 4 rings (SSSR count). The highest BCUT2D eigenvalue weighted by Crippen LogP contribution is 2.35. The van der Waals surface area contributed by atoms with Gasteiger partial charge < -0.3 is 20.1 Å². The third-order valence-corrected chi connectivity index (χ3v) is 6.69. The van der Waals surface area contributed by atoms with Crippen molar-refractivity contribution in [3.8, 4) is 0 Å². The van der Waals surface area contributed by atoms with Crippen molar-refractivity contribution in [3.63, 3.8) is 0 Å². The van der Waals surface area contributed by atoms with E-state index in [4.69, 9.17) is 9.47 Å². The van der Waals surface area contributed by atoms with Gasteiger partial charge in [-0.15, -0.1) is 0 Å². The van der Waals surface area contributed by atoms with Crippen LogP contribution in [0.25, 0.3) is 0 Å². The number of ether oxygens (including phenoxy) is 2. The largest absolute Gasteiger partial charge is 0.363 e. The molecule has 1 aliphatic heterocycles. The van der Waals surface area contributed by atoms with Crippen molar-refractivity contribution >= 4 is 11.7 Å². The van der Waals surface area contributed by atoms with Crippen LogP contribution in [0.15, 0.2) is 18.2 Å². The second-order valence-corrected chi connectivity index (χ2v) is 9.42. The molecule has 0 spiro atoms. The molecule has 1 atom stereocenters. The Morgan fingerprint density at radius 3 is 2.47 bits per heavy atom. The van der Waals surface area contributed by atoms with Crippen molar-refractivity contribution < 1.29 is 23.0 Å². The smallest absolute Gasteiger partial charge is 0.264 e. The van der Waals surface area contributed by atoms with Crippen LogP contribution in [0.1, 0.15) is 85.6 Å². The number of anilines is 1. The molecule has 1 saturated heterocycles. The molecule has 1 amide bonds. The fraction of sp³-hybridized carbons (Fsp3) is 0.560. The molecule has 2 aromatic rings. The molecular formula is C25H32F2N4O3. The van der Waals surface area contributed by atoms with Crippen molar-refractivity contribution in [1.82, 2.24) is 15.3 Å². The second-order valence-electron chi connectivity index (χ2n) is 9.42. The molecule has 1 aromatic carbocycles. The van der Waals surface area contributed by atoms with Gasteiger partial charge in [-0.1, -0.05) is 18.2 Å². The summed E-state index contributed by atoms with van der Waals surface area (Å²) in [6, 6.07) is 4.57. The fourth-order valence-electron chi connectivity index (χ4n) is 4.68. The highest BCUT2D eigenvalue weighted by atomic mass is 19.3. The molecule has 184 valence electrons. The maximum absolute atomic E-state index is 13.4. The van der Waals surface area contributed by atoms with Crippen LogP contribution in [-0.4, -0.2) is 34.6 Å². The summed E-state index contributed by atoms with van der Waals surface area (Å²) in [6.45, 7) is 8.24. The summed E-state index contributed by atoms with van der Waals surface area (Å²) < 4.78 is 38.4. The van der Waals surface area contributed by atoms with Crippen molar-refractivity contribution in [2.75, 3.05) is 18.5 Å². The number of nitrogens with zero attached hydrogens (tertiary/aromatic N) is 2. The zero-order chi connectivity index (χ0) is 24.5. The van der Waals surface area contributed by atoms with Gasteiger partial charge in [0.2, 0.25) is 5.91 Å². The summed E-state index contributed by atoms with van der Waals surface area (Å²) in [5.41, 5.74) is 2.23. The van der Waals surface area contributed by atoms with Crippen LogP contribution in [-0.2, 0) is 20.7 Å².